The molecule has 3 atom stereocenters. The lowest BCUT2D eigenvalue weighted by Gasteiger charge is -2.26. The van der Waals surface area contributed by atoms with Crippen LogP contribution in [0, 0.1) is 23.7 Å². The third kappa shape index (κ3) is 36.7. The summed E-state index contributed by atoms with van der Waals surface area (Å²) in [6.07, 6.45) is 2.80. The van der Waals surface area contributed by atoms with Gasteiger partial charge >= 0.3 is 36.0 Å². The molecule has 88 heavy (non-hydrogen) atoms. The van der Waals surface area contributed by atoms with Gasteiger partial charge < -0.3 is 48.8 Å². The number of rotatable bonds is 29. The van der Waals surface area contributed by atoms with E-state index in [0.29, 0.717) is 118 Å². The number of Topliss-reactive ketones (excluding diaryl/α,β-unsaturated/α-hetero) is 3. The van der Waals surface area contributed by atoms with Gasteiger partial charge in [0.15, 0.2) is 0 Å². The van der Waals surface area contributed by atoms with Gasteiger partial charge in [-0.1, -0.05) is 105 Å². The maximum atomic E-state index is 12.1. The van der Waals surface area contributed by atoms with Crippen molar-refractivity contribution in [2.24, 2.45) is 23.7 Å². The molecule has 0 saturated carbocycles. The van der Waals surface area contributed by atoms with Crippen molar-refractivity contribution in [2.45, 2.75) is 71.6 Å². The fourth-order valence-electron chi connectivity index (χ4n) is 9.20. The number of hydrogen-bond acceptors (Lipinski definition) is 19. The summed E-state index contributed by atoms with van der Waals surface area (Å²) in [5.41, 5.74) is 3.29. The number of alkyl halides is 1. The fourth-order valence-corrected chi connectivity index (χ4v) is 9.31. The molecule has 23 nitrogen and oxygen atoms in total. The van der Waals surface area contributed by atoms with Crippen LogP contribution in [0.2, 0.25) is 0 Å². The lowest BCUT2D eigenvalue weighted by molar-refractivity contribution is -0.144. The molecule has 4 aliphatic heterocycles. The second kappa shape index (κ2) is 45.7. The molecule has 4 aliphatic rings. The van der Waals surface area contributed by atoms with E-state index in [4.69, 9.17) is 45.5 Å². The van der Waals surface area contributed by atoms with Gasteiger partial charge in [-0.05, 0) is 61.1 Å². The van der Waals surface area contributed by atoms with Gasteiger partial charge in [-0.3, -0.25) is 58.0 Å². The summed E-state index contributed by atoms with van der Waals surface area (Å²) in [4.78, 5) is 109. The van der Waals surface area contributed by atoms with E-state index >= 15 is 0 Å². The van der Waals surface area contributed by atoms with Crippen LogP contribution >= 0.6 is 11.6 Å². The number of aryl methyl sites for hydroxylation is 3. The van der Waals surface area contributed by atoms with Crippen molar-refractivity contribution in [1.82, 2.24) is 19.6 Å². The van der Waals surface area contributed by atoms with Crippen LogP contribution in [0.25, 0.3) is 0 Å². The average molecular weight is 1260 g/mol. The van der Waals surface area contributed by atoms with Gasteiger partial charge in [0.2, 0.25) is 0 Å². The van der Waals surface area contributed by atoms with Crippen molar-refractivity contribution in [1.29, 1.82) is 0 Å². The number of aliphatic carboxylic acids is 4. The van der Waals surface area contributed by atoms with E-state index < -0.39 is 53.8 Å². The molecule has 0 radical (unpaired) electrons. The van der Waals surface area contributed by atoms with E-state index in [1.807, 2.05) is 124 Å². The summed E-state index contributed by atoms with van der Waals surface area (Å²) in [5, 5.41) is 36.0. The Morgan fingerprint density at radius 3 is 1.02 bits per heavy atom. The number of nitrogens with zero attached hydrogens (tertiary/aromatic N) is 4. The number of ether oxygens (including phenoxy) is 6. The average Bonchev–Trinajstić information content (AvgIpc) is 3.55. The Morgan fingerprint density at radius 1 is 0.443 bits per heavy atom. The van der Waals surface area contributed by atoms with Gasteiger partial charge in [-0.15, -0.1) is 11.6 Å². The van der Waals surface area contributed by atoms with Crippen molar-refractivity contribution < 1.29 is 92.0 Å². The summed E-state index contributed by atoms with van der Waals surface area (Å²) in [6.45, 7) is 15.9. The number of esters is 1. The van der Waals surface area contributed by atoms with E-state index in [1.165, 1.54) is 0 Å². The molecule has 3 aromatic carbocycles. The van der Waals surface area contributed by atoms with Crippen molar-refractivity contribution >= 4 is 65.0 Å². The van der Waals surface area contributed by atoms with Crippen molar-refractivity contribution in [3.63, 3.8) is 0 Å². The maximum Gasteiger partial charge on any atom is 0.516 e. The van der Waals surface area contributed by atoms with Crippen LogP contribution in [0.5, 0.6) is 0 Å². The Balaban J connectivity index is 0.000000293. The zero-order valence-corrected chi connectivity index (χ0v) is 51.7. The van der Waals surface area contributed by atoms with Gasteiger partial charge in [-0.25, -0.2) is 4.79 Å². The Hall–Kier alpha value is -6.54. The second-order valence-corrected chi connectivity index (χ2v) is 22.2. The van der Waals surface area contributed by atoms with Gasteiger partial charge in [0, 0.05) is 71.6 Å². The molecule has 3 aromatic rings. The smallest absolute Gasteiger partial charge is 0.481 e. The van der Waals surface area contributed by atoms with E-state index in [2.05, 4.69) is 4.74 Å². The second-order valence-electron chi connectivity index (χ2n) is 21.9. The molecule has 24 heteroatoms. The predicted molar refractivity (Wildman–Crippen MR) is 326 cm³/mol. The molecule has 0 amide bonds. The topological polar surface area (TPSA) is 303 Å². The zero-order chi connectivity index (χ0) is 64.3. The summed E-state index contributed by atoms with van der Waals surface area (Å²) < 4.78 is 29.9. The first-order valence-electron chi connectivity index (χ1n) is 30.0. The number of ketones is 3. The highest BCUT2D eigenvalue weighted by atomic mass is 35.5. The number of benzene rings is 3. The van der Waals surface area contributed by atoms with Crippen LogP contribution in [-0.4, -0.2) is 237 Å². The largest absolute Gasteiger partial charge is 0.516 e. The number of hydrogen-bond donors (Lipinski definition) is 4. The third-order valence-electron chi connectivity index (χ3n) is 14.1. The minimum Gasteiger partial charge on any atom is -0.481 e. The van der Waals surface area contributed by atoms with Crippen molar-refractivity contribution in [2.75, 3.05) is 144 Å². The van der Waals surface area contributed by atoms with Gasteiger partial charge in [0.05, 0.1) is 109 Å². The first kappa shape index (κ1) is 75.7. The van der Waals surface area contributed by atoms with Crippen molar-refractivity contribution in [3.8, 4) is 0 Å². The molecular weight excluding hydrogens is 1160 g/mol. The molecule has 4 heterocycles. The van der Waals surface area contributed by atoms with Gasteiger partial charge in [0.1, 0.15) is 17.3 Å². The van der Waals surface area contributed by atoms with Crippen molar-refractivity contribution in [3.05, 3.63) is 108 Å². The van der Waals surface area contributed by atoms with E-state index in [1.54, 1.807) is 0 Å². The highest BCUT2D eigenvalue weighted by Crippen LogP contribution is 2.18. The van der Waals surface area contributed by atoms with Crippen LogP contribution in [0.4, 0.5) is 4.79 Å². The van der Waals surface area contributed by atoms with Crippen LogP contribution in [0.15, 0.2) is 91.0 Å². The van der Waals surface area contributed by atoms with E-state index in [9.17, 15) is 53.4 Å². The number of carboxylic acid groups (broad SMARTS) is 4. The molecular formula is C64H91ClN4O19. The Labute approximate surface area is 521 Å². The quantitative estimate of drug-likeness (QED) is 0.0363. The highest BCUT2D eigenvalue weighted by Gasteiger charge is 2.26. The summed E-state index contributed by atoms with van der Waals surface area (Å²) in [7, 11) is 0. The predicted octanol–water partition coefficient (Wildman–Crippen LogP) is 5.80. The lowest BCUT2D eigenvalue weighted by atomic mass is 9.94. The summed E-state index contributed by atoms with van der Waals surface area (Å²) in [5.74, 6) is -5.99. The van der Waals surface area contributed by atoms with Crippen LogP contribution < -0.4 is 0 Å². The van der Waals surface area contributed by atoms with E-state index in [-0.39, 0.29) is 68.1 Å². The third-order valence-corrected chi connectivity index (χ3v) is 14.4. The monoisotopic (exact) mass is 1250 g/mol. The fraction of sp³-hybridized carbons (Fsp3) is 0.578. The van der Waals surface area contributed by atoms with Crippen LogP contribution in [0.1, 0.15) is 69.1 Å². The first-order valence-corrected chi connectivity index (χ1v) is 30.5. The minimum absolute atomic E-state index is 0.00219. The Morgan fingerprint density at radius 2 is 0.739 bits per heavy atom. The SMILES string of the molecule is CC(C)COC(=O)OC(=O)CN1CCOCC1.O=C(CCl)C[C@@H](CCc1ccccc1)C(=O)O.O=C(C[C@@H](CCc1ccccc1)C(=O)O)CN1CCOCC1.O=C(C[C@@H](CCc1ccccc1)C(=O)O)CN1CCOCC1.O=C(O)CN1CCOCC1. The molecule has 0 unspecified atom stereocenters. The Bertz CT molecular complexity index is 2400. The molecule has 4 fully saturated rings. The molecule has 4 saturated heterocycles. The number of carboxylic acids is 4. The molecule has 7 rings (SSSR count). The molecule has 0 bridgehead atoms. The number of carbonyl (C=O) groups is 9. The summed E-state index contributed by atoms with van der Waals surface area (Å²) in [6, 6.07) is 29.2. The molecule has 488 valence electrons. The lowest BCUT2D eigenvalue weighted by Crippen LogP contribution is -2.40. The van der Waals surface area contributed by atoms with Gasteiger partial charge in [-0.2, -0.15) is 0 Å². The maximum absolute atomic E-state index is 12.1. The molecule has 0 aromatic heterocycles. The number of halogens is 1. The number of carbonyl (C=O) groups excluding carboxylic acids is 5. The molecule has 0 aliphatic carbocycles. The normalized spacial score (nSPS) is 16.5. The van der Waals surface area contributed by atoms with Crippen LogP contribution in [-0.2, 0) is 86.0 Å². The molecule has 0 spiro atoms. The van der Waals surface area contributed by atoms with Gasteiger partial charge in [0.25, 0.3) is 0 Å². The standard InChI is InChI=1S/2C17H23NO4.C13H15ClO3.C11H19NO5.C6H11NO3/c2*19-16(13-18-8-10-22-11-9-18)12-15(17(20)21)7-6-14-4-2-1-3-5-14;14-9-12(15)8-11(13(16)17)7-6-10-4-2-1-3-5-10;1-9(2)8-16-11(14)17-10(13)7-12-3-5-15-6-4-12;8-6(9)5-7-1-3-10-4-2-7/h2*1-5,15H,6-13H2,(H,20,21);1-5,11H,6-9H2,(H,16,17);9H,3-8H2,1-2H3;1-5H2,(H,8,9)/t2*15-;11-;;/m111../s1. The number of morpholine rings is 4. The minimum atomic E-state index is -0.931. The van der Waals surface area contributed by atoms with Crippen LogP contribution in [0.3, 0.4) is 0 Å². The highest BCUT2D eigenvalue weighted by molar-refractivity contribution is 6.27. The Kier molecular flexibility index (Phi) is 39.3. The zero-order valence-electron chi connectivity index (χ0n) is 51.0. The van der Waals surface area contributed by atoms with E-state index in [0.717, 1.165) is 56.0 Å². The summed E-state index contributed by atoms with van der Waals surface area (Å²) >= 11 is 5.38. The molecule has 4 N–H and O–H groups in total. The first-order chi connectivity index (χ1) is 42.3.